The molecule has 1 amide bonds. The molecule has 0 saturated carbocycles. The van der Waals surface area contributed by atoms with E-state index in [0.29, 0.717) is 25.4 Å². The predicted molar refractivity (Wildman–Crippen MR) is 76.5 cm³/mol. The van der Waals surface area contributed by atoms with Crippen molar-refractivity contribution in [3.05, 3.63) is 36.2 Å². The van der Waals surface area contributed by atoms with Crippen LogP contribution in [0.1, 0.15) is 22.7 Å². The van der Waals surface area contributed by atoms with Crippen LogP contribution in [0.15, 0.2) is 24.7 Å². The quantitative estimate of drug-likeness (QED) is 0.851. The lowest BCUT2D eigenvalue weighted by atomic mass is 10.1. The van der Waals surface area contributed by atoms with Gasteiger partial charge in [-0.05, 0) is 25.5 Å². The summed E-state index contributed by atoms with van der Waals surface area (Å²) in [6.07, 6.45) is 3.36. The second-order valence-corrected chi connectivity index (χ2v) is 5.07. The normalized spacial score (nSPS) is 21.3. The molecule has 0 radical (unpaired) electrons. The fourth-order valence-corrected chi connectivity index (χ4v) is 2.24. The Kier molecular flexibility index (Phi) is 4.29. The molecule has 0 unspecified atom stereocenters. The highest BCUT2D eigenvalue weighted by atomic mass is 16.5. The third kappa shape index (κ3) is 3.40. The maximum Gasteiger partial charge on any atom is 0.288 e. The third-order valence-electron chi connectivity index (χ3n) is 3.42. The summed E-state index contributed by atoms with van der Waals surface area (Å²) in [5.74, 6) is 0.530. The van der Waals surface area contributed by atoms with E-state index in [1.54, 1.807) is 6.20 Å². The Balaban J connectivity index is 1.65. The van der Waals surface area contributed by atoms with Crippen molar-refractivity contribution in [3.8, 4) is 5.75 Å². The van der Waals surface area contributed by atoms with E-state index >= 15 is 0 Å². The second-order valence-electron chi connectivity index (χ2n) is 5.07. The maximum atomic E-state index is 12.1. The number of H-pyrrole nitrogens is 1. The minimum Gasteiger partial charge on any atom is -0.484 e. The van der Waals surface area contributed by atoms with E-state index in [4.69, 9.17) is 9.47 Å². The molecule has 2 aromatic heterocycles. The molecule has 2 aromatic rings. The minimum atomic E-state index is -0.306. The van der Waals surface area contributed by atoms with Crippen LogP contribution in [0.3, 0.4) is 0 Å². The van der Waals surface area contributed by atoms with E-state index in [1.165, 1.54) is 6.33 Å². The van der Waals surface area contributed by atoms with Crippen LogP contribution >= 0.6 is 0 Å². The number of amides is 1. The topological polar surface area (TPSA) is 102 Å². The Labute approximate surface area is 127 Å². The Bertz CT molecular complexity index is 614. The zero-order valence-corrected chi connectivity index (χ0v) is 12.2. The van der Waals surface area contributed by atoms with Gasteiger partial charge in [-0.25, -0.2) is 4.98 Å². The van der Waals surface area contributed by atoms with Gasteiger partial charge in [-0.1, -0.05) is 0 Å². The molecule has 1 aliphatic heterocycles. The number of aromatic amines is 1. The van der Waals surface area contributed by atoms with Gasteiger partial charge in [-0.2, -0.15) is 5.10 Å². The number of ether oxygens (including phenoxy) is 2. The molecular weight excluding hydrogens is 286 g/mol. The number of nitrogens with zero attached hydrogens (tertiary/aromatic N) is 3. The van der Waals surface area contributed by atoms with Crippen LogP contribution in [-0.2, 0) is 4.74 Å². The molecule has 2 N–H and O–H groups in total. The molecular formula is C14H17N5O3. The number of rotatable bonds is 4. The monoisotopic (exact) mass is 303 g/mol. The number of pyridine rings is 1. The maximum absolute atomic E-state index is 12.1. The van der Waals surface area contributed by atoms with Gasteiger partial charge in [0.25, 0.3) is 5.91 Å². The number of hydrogen-bond donors (Lipinski definition) is 2. The molecule has 1 aliphatic rings. The Morgan fingerprint density at radius 3 is 3.09 bits per heavy atom. The Morgan fingerprint density at radius 2 is 2.36 bits per heavy atom. The lowest BCUT2D eigenvalue weighted by Gasteiger charge is -2.32. The molecule has 0 bridgehead atoms. The van der Waals surface area contributed by atoms with Gasteiger partial charge >= 0.3 is 0 Å². The second kappa shape index (κ2) is 6.52. The molecule has 0 aromatic carbocycles. The van der Waals surface area contributed by atoms with Crippen molar-refractivity contribution in [2.75, 3.05) is 13.2 Å². The first-order valence-electron chi connectivity index (χ1n) is 7.05. The molecule has 1 saturated heterocycles. The van der Waals surface area contributed by atoms with Gasteiger partial charge in [0.1, 0.15) is 18.2 Å². The van der Waals surface area contributed by atoms with E-state index in [2.05, 4.69) is 25.5 Å². The van der Waals surface area contributed by atoms with Gasteiger partial charge < -0.3 is 14.8 Å². The van der Waals surface area contributed by atoms with E-state index < -0.39 is 0 Å². The summed E-state index contributed by atoms with van der Waals surface area (Å²) >= 11 is 0. The minimum absolute atomic E-state index is 0.160. The molecule has 22 heavy (non-hydrogen) atoms. The fourth-order valence-electron chi connectivity index (χ4n) is 2.24. The van der Waals surface area contributed by atoms with Crippen LogP contribution in [0.2, 0.25) is 0 Å². The highest BCUT2D eigenvalue weighted by Crippen LogP contribution is 2.17. The van der Waals surface area contributed by atoms with Gasteiger partial charge in [0.05, 0.1) is 18.8 Å². The van der Waals surface area contributed by atoms with Gasteiger partial charge in [0, 0.05) is 12.3 Å². The lowest BCUT2D eigenvalue weighted by molar-refractivity contribution is -0.0137. The SMILES string of the molecule is Cc1ccc(O[C@@H]2COCC[C@@H]2NC(=O)c2ncn[nH]2)cn1. The predicted octanol–water partition coefficient (Wildman–Crippen LogP) is 0.474. The summed E-state index contributed by atoms with van der Waals surface area (Å²) in [4.78, 5) is 20.1. The molecule has 3 rings (SSSR count). The van der Waals surface area contributed by atoms with Crippen molar-refractivity contribution in [3.63, 3.8) is 0 Å². The number of aromatic nitrogens is 4. The van der Waals surface area contributed by atoms with Crippen LogP contribution < -0.4 is 10.1 Å². The smallest absolute Gasteiger partial charge is 0.288 e. The van der Waals surface area contributed by atoms with E-state index in [0.717, 1.165) is 5.69 Å². The summed E-state index contributed by atoms with van der Waals surface area (Å²) in [6, 6.07) is 3.57. The first-order chi connectivity index (χ1) is 10.7. The van der Waals surface area contributed by atoms with Crippen LogP contribution in [0.5, 0.6) is 5.75 Å². The van der Waals surface area contributed by atoms with Crippen LogP contribution in [-0.4, -0.2) is 51.4 Å². The van der Waals surface area contributed by atoms with E-state index in [1.807, 2.05) is 19.1 Å². The van der Waals surface area contributed by atoms with Crippen molar-refractivity contribution in [1.82, 2.24) is 25.5 Å². The Morgan fingerprint density at radius 1 is 1.45 bits per heavy atom. The number of carbonyl (C=O) groups is 1. The van der Waals surface area contributed by atoms with Crippen molar-refractivity contribution in [2.45, 2.75) is 25.5 Å². The van der Waals surface area contributed by atoms with Crippen molar-refractivity contribution in [1.29, 1.82) is 0 Å². The fraction of sp³-hybridized carbons (Fsp3) is 0.429. The molecule has 1 fully saturated rings. The highest BCUT2D eigenvalue weighted by Gasteiger charge is 2.29. The van der Waals surface area contributed by atoms with Crippen LogP contribution in [0.25, 0.3) is 0 Å². The van der Waals surface area contributed by atoms with Gasteiger partial charge in [-0.3, -0.25) is 14.9 Å². The standard InChI is InChI=1S/C14H17N5O3/c1-9-2-3-10(6-15-9)22-12-7-21-5-4-11(12)18-14(20)13-16-8-17-19-13/h2-3,6,8,11-12H,4-5,7H2,1H3,(H,18,20)(H,16,17,19)/t11-,12+/m0/s1. The summed E-state index contributed by atoms with van der Waals surface area (Å²) in [5.41, 5.74) is 0.919. The molecule has 8 nitrogen and oxygen atoms in total. The third-order valence-corrected chi connectivity index (χ3v) is 3.42. The highest BCUT2D eigenvalue weighted by molar-refractivity contribution is 5.90. The summed E-state index contributed by atoms with van der Waals surface area (Å²) in [6.45, 7) is 2.90. The average molecular weight is 303 g/mol. The number of nitrogens with one attached hydrogen (secondary N) is 2. The summed E-state index contributed by atoms with van der Waals surface area (Å²) in [7, 11) is 0. The zero-order valence-electron chi connectivity index (χ0n) is 12.2. The first-order valence-corrected chi connectivity index (χ1v) is 7.05. The lowest BCUT2D eigenvalue weighted by Crippen LogP contribution is -2.51. The van der Waals surface area contributed by atoms with Gasteiger partial charge in [0.15, 0.2) is 0 Å². The van der Waals surface area contributed by atoms with E-state index in [9.17, 15) is 4.79 Å². The van der Waals surface area contributed by atoms with Crippen molar-refractivity contribution < 1.29 is 14.3 Å². The molecule has 116 valence electrons. The van der Waals surface area contributed by atoms with Crippen LogP contribution in [0.4, 0.5) is 0 Å². The molecule has 3 heterocycles. The zero-order chi connectivity index (χ0) is 15.4. The summed E-state index contributed by atoms with van der Waals surface area (Å²) < 4.78 is 11.3. The molecule has 2 atom stereocenters. The Hall–Kier alpha value is -2.48. The number of carbonyl (C=O) groups excluding carboxylic acids is 1. The summed E-state index contributed by atoms with van der Waals surface area (Å²) in [5, 5.41) is 9.12. The number of hydrogen-bond acceptors (Lipinski definition) is 6. The van der Waals surface area contributed by atoms with Crippen molar-refractivity contribution in [2.24, 2.45) is 0 Å². The van der Waals surface area contributed by atoms with Crippen LogP contribution in [0, 0.1) is 6.92 Å². The first kappa shape index (κ1) is 14.5. The molecule has 0 aliphatic carbocycles. The molecule has 0 spiro atoms. The van der Waals surface area contributed by atoms with E-state index in [-0.39, 0.29) is 23.9 Å². The van der Waals surface area contributed by atoms with Gasteiger partial charge in [0.2, 0.25) is 5.82 Å². The molecule has 8 heteroatoms. The van der Waals surface area contributed by atoms with Crippen molar-refractivity contribution >= 4 is 5.91 Å². The van der Waals surface area contributed by atoms with Gasteiger partial charge in [-0.15, -0.1) is 0 Å². The largest absolute Gasteiger partial charge is 0.484 e. The number of aryl methyl sites for hydroxylation is 1. The average Bonchev–Trinajstić information content (AvgIpc) is 3.06.